The highest BCUT2D eigenvalue weighted by Crippen LogP contribution is 2.31. The Morgan fingerprint density at radius 3 is 2.62 bits per heavy atom. The van der Waals surface area contributed by atoms with E-state index in [1.807, 2.05) is 54.6 Å². The molecule has 144 valence electrons. The van der Waals surface area contributed by atoms with E-state index in [2.05, 4.69) is 6.07 Å². The number of hydrogen-bond donors (Lipinski definition) is 0. The van der Waals surface area contributed by atoms with E-state index < -0.39 is 0 Å². The quantitative estimate of drug-likeness (QED) is 0.258. The first-order chi connectivity index (χ1) is 14.2. The summed E-state index contributed by atoms with van der Waals surface area (Å²) in [6.07, 6.45) is 0. The number of rotatable bonds is 5. The van der Waals surface area contributed by atoms with Gasteiger partial charge in [0.15, 0.2) is 14.8 Å². The topological polar surface area (TPSA) is 72.8 Å². The zero-order valence-electron chi connectivity index (χ0n) is 15.2. The Morgan fingerprint density at radius 1 is 1.17 bits per heavy atom. The van der Waals surface area contributed by atoms with Crippen molar-refractivity contribution >= 4 is 45.7 Å². The number of nitriles is 1. The molecule has 29 heavy (non-hydrogen) atoms. The molecule has 0 saturated carbocycles. The van der Waals surface area contributed by atoms with Gasteiger partial charge in [0.1, 0.15) is 10.4 Å². The maximum absolute atomic E-state index is 13.4. The molecule has 0 aliphatic heterocycles. The molecule has 0 radical (unpaired) electrons. The van der Waals surface area contributed by atoms with Crippen LogP contribution in [0.1, 0.15) is 0 Å². The Bertz CT molecular complexity index is 1350. The molecular formula is C20H14N4O2S3. The number of ether oxygens (including phenoxy) is 1. The van der Waals surface area contributed by atoms with Gasteiger partial charge in [-0.05, 0) is 36.5 Å². The van der Waals surface area contributed by atoms with Gasteiger partial charge in [-0.15, -0.1) is 0 Å². The summed E-state index contributed by atoms with van der Waals surface area (Å²) >= 11 is 8.00. The van der Waals surface area contributed by atoms with Crippen LogP contribution in [0.2, 0.25) is 0 Å². The van der Waals surface area contributed by atoms with Crippen LogP contribution in [0.25, 0.3) is 21.7 Å². The average Bonchev–Trinajstić information content (AvgIpc) is 3.09. The van der Waals surface area contributed by atoms with E-state index in [4.69, 9.17) is 27.2 Å². The Balaban J connectivity index is 2.07. The van der Waals surface area contributed by atoms with Crippen LogP contribution >= 0.6 is 35.3 Å². The molecule has 0 bridgehead atoms. The fraction of sp³-hybridized carbons (Fsp3) is 0.100. The van der Waals surface area contributed by atoms with Crippen molar-refractivity contribution in [3.05, 3.63) is 68.9 Å². The van der Waals surface area contributed by atoms with Crippen molar-refractivity contribution in [2.45, 2.75) is 5.16 Å². The second-order valence-corrected chi connectivity index (χ2v) is 8.43. The molecule has 0 aliphatic rings. The lowest BCUT2D eigenvalue weighted by Crippen LogP contribution is -2.21. The minimum atomic E-state index is -0.216. The van der Waals surface area contributed by atoms with Gasteiger partial charge in [-0.1, -0.05) is 53.4 Å². The van der Waals surface area contributed by atoms with Gasteiger partial charge in [0.25, 0.3) is 5.56 Å². The van der Waals surface area contributed by atoms with Crippen molar-refractivity contribution in [1.82, 2.24) is 14.1 Å². The van der Waals surface area contributed by atoms with Crippen molar-refractivity contribution in [2.75, 3.05) is 12.9 Å². The Labute approximate surface area is 179 Å². The van der Waals surface area contributed by atoms with Crippen LogP contribution in [0.4, 0.5) is 0 Å². The summed E-state index contributed by atoms with van der Waals surface area (Å²) in [7, 11) is 1.58. The summed E-state index contributed by atoms with van der Waals surface area (Å²) < 4.78 is 9.70. The molecule has 0 aliphatic carbocycles. The van der Waals surface area contributed by atoms with Crippen LogP contribution in [0, 0.1) is 15.3 Å². The van der Waals surface area contributed by atoms with Crippen molar-refractivity contribution in [3.8, 4) is 23.2 Å². The first-order valence-electron chi connectivity index (χ1n) is 8.53. The largest absolute Gasteiger partial charge is 0.495 e. The highest BCUT2D eigenvalue weighted by atomic mass is 32.2. The summed E-state index contributed by atoms with van der Waals surface area (Å²) in [5, 5.41) is 9.49. The van der Waals surface area contributed by atoms with Gasteiger partial charge in [0.2, 0.25) is 0 Å². The fourth-order valence-electron chi connectivity index (χ4n) is 2.96. The second kappa shape index (κ2) is 8.21. The van der Waals surface area contributed by atoms with Gasteiger partial charge < -0.3 is 4.74 Å². The van der Waals surface area contributed by atoms with Gasteiger partial charge in [0.05, 0.1) is 30.3 Å². The van der Waals surface area contributed by atoms with E-state index in [0.717, 1.165) is 0 Å². The summed E-state index contributed by atoms with van der Waals surface area (Å²) in [5.41, 5.74) is 1.65. The number of para-hydroxylation sites is 3. The maximum Gasteiger partial charge on any atom is 0.278 e. The number of thiazole rings is 1. The highest BCUT2D eigenvalue weighted by Gasteiger charge is 2.20. The van der Waals surface area contributed by atoms with E-state index in [0.29, 0.717) is 36.6 Å². The molecule has 0 unspecified atom stereocenters. The third kappa shape index (κ3) is 3.46. The number of thioether (sulfide) groups is 1. The number of methoxy groups -OCH3 is 1. The first-order valence-corrected chi connectivity index (χ1v) is 10.7. The minimum absolute atomic E-state index is 0.171. The number of aromatic nitrogens is 3. The number of nitrogens with zero attached hydrogens (tertiary/aromatic N) is 4. The molecule has 9 heteroatoms. The number of hydrogen-bond acceptors (Lipinski definition) is 7. The summed E-state index contributed by atoms with van der Waals surface area (Å²) in [5.74, 6) is 0.799. The minimum Gasteiger partial charge on any atom is -0.495 e. The summed E-state index contributed by atoms with van der Waals surface area (Å²) in [6.45, 7) is 0. The van der Waals surface area contributed by atoms with Crippen LogP contribution in [0.15, 0.2) is 64.5 Å². The molecule has 0 saturated heterocycles. The molecule has 6 nitrogen and oxygen atoms in total. The SMILES string of the molecule is COc1ccccc1-n1c(=S)sc2c(=O)n(-c3ccccc3)c(SCC#N)nc21. The Kier molecular flexibility index (Phi) is 5.49. The van der Waals surface area contributed by atoms with Crippen molar-refractivity contribution in [2.24, 2.45) is 0 Å². The van der Waals surface area contributed by atoms with Crippen LogP contribution in [-0.2, 0) is 0 Å². The van der Waals surface area contributed by atoms with Gasteiger partial charge in [-0.25, -0.2) is 4.98 Å². The third-order valence-corrected chi connectivity index (χ3v) is 6.34. The molecule has 0 atom stereocenters. The summed E-state index contributed by atoms with van der Waals surface area (Å²) in [4.78, 5) is 18.2. The van der Waals surface area contributed by atoms with Crippen molar-refractivity contribution in [3.63, 3.8) is 0 Å². The zero-order valence-corrected chi connectivity index (χ0v) is 17.7. The van der Waals surface area contributed by atoms with Crippen LogP contribution in [-0.4, -0.2) is 27.0 Å². The normalized spacial score (nSPS) is 10.8. The number of benzene rings is 2. The fourth-order valence-corrected chi connectivity index (χ4v) is 4.92. The molecule has 2 heterocycles. The lowest BCUT2D eigenvalue weighted by atomic mass is 10.3. The highest BCUT2D eigenvalue weighted by molar-refractivity contribution is 7.99. The Morgan fingerprint density at radius 2 is 1.90 bits per heavy atom. The first kappa shape index (κ1) is 19.4. The second-order valence-electron chi connectivity index (χ2n) is 5.85. The Hall–Kier alpha value is -2.93. The molecule has 2 aromatic heterocycles. The molecule has 4 rings (SSSR count). The monoisotopic (exact) mass is 438 g/mol. The van der Waals surface area contributed by atoms with Crippen molar-refractivity contribution in [1.29, 1.82) is 5.26 Å². The van der Waals surface area contributed by atoms with Gasteiger partial charge in [0, 0.05) is 0 Å². The molecule has 2 aromatic carbocycles. The third-order valence-electron chi connectivity index (χ3n) is 4.18. The van der Waals surface area contributed by atoms with E-state index >= 15 is 0 Å². The van der Waals surface area contributed by atoms with E-state index in [1.165, 1.54) is 27.7 Å². The van der Waals surface area contributed by atoms with Crippen LogP contribution < -0.4 is 10.3 Å². The van der Waals surface area contributed by atoms with Gasteiger partial charge in [-0.2, -0.15) is 5.26 Å². The molecule has 0 amide bonds. The molecule has 4 aromatic rings. The molecular weight excluding hydrogens is 424 g/mol. The smallest absolute Gasteiger partial charge is 0.278 e. The predicted octanol–water partition coefficient (Wildman–Crippen LogP) is 4.59. The lowest BCUT2D eigenvalue weighted by molar-refractivity contribution is 0.413. The van der Waals surface area contributed by atoms with E-state index in [1.54, 1.807) is 11.7 Å². The molecule has 0 spiro atoms. The van der Waals surface area contributed by atoms with E-state index in [-0.39, 0.29) is 11.3 Å². The van der Waals surface area contributed by atoms with Crippen LogP contribution in [0.3, 0.4) is 0 Å². The number of fused-ring (bicyclic) bond motifs is 1. The van der Waals surface area contributed by atoms with Gasteiger partial charge >= 0.3 is 0 Å². The lowest BCUT2D eigenvalue weighted by Gasteiger charge is -2.13. The zero-order chi connectivity index (χ0) is 20.4. The molecule has 0 N–H and O–H groups in total. The maximum atomic E-state index is 13.4. The standard InChI is InChI=1S/C20H14N4O2S3/c1-26-15-10-6-5-9-14(15)24-17-16(29-20(24)27)18(25)23(13-7-3-2-4-8-13)19(22-17)28-12-11-21/h2-10H,12H2,1H3. The predicted molar refractivity (Wildman–Crippen MR) is 118 cm³/mol. The summed E-state index contributed by atoms with van der Waals surface area (Å²) in [6, 6.07) is 18.8. The van der Waals surface area contributed by atoms with E-state index in [9.17, 15) is 4.79 Å². The average molecular weight is 439 g/mol. The van der Waals surface area contributed by atoms with Crippen LogP contribution in [0.5, 0.6) is 5.75 Å². The van der Waals surface area contributed by atoms with Crippen molar-refractivity contribution < 1.29 is 4.74 Å². The van der Waals surface area contributed by atoms with Gasteiger partial charge in [-0.3, -0.25) is 13.9 Å². The molecule has 0 fully saturated rings.